The third-order valence-corrected chi connectivity index (χ3v) is 9.72. The monoisotopic (exact) mass is 952 g/mol. The van der Waals surface area contributed by atoms with Crippen LogP contribution in [0.3, 0.4) is 0 Å². The van der Waals surface area contributed by atoms with E-state index in [1.54, 1.807) is 62.4 Å². The molecule has 0 bridgehead atoms. The zero-order valence-corrected chi connectivity index (χ0v) is 38.6. The van der Waals surface area contributed by atoms with Crippen LogP contribution in [-0.4, -0.2) is 70.8 Å². The first-order chi connectivity index (χ1) is 30.5. The van der Waals surface area contributed by atoms with Gasteiger partial charge in [-0.3, -0.25) is 9.59 Å². The molecule has 2 unspecified atom stereocenters. The summed E-state index contributed by atoms with van der Waals surface area (Å²) in [4.78, 5) is 22.1. The third-order valence-electron chi connectivity index (χ3n) is 9.72. The second kappa shape index (κ2) is 26.8. The van der Waals surface area contributed by atoms with Crippen molar-refractivity contribution in [1.29, 1.82) is 0 Å². The van der Waals surface area contributed by atoms with Crippen LogP contribution < -0.4 is 9.47 Å². The average molecular weight is 953 g/mol. The largest absolute Gasteiger partial charge is 0.489 e. The first kappa shape index (κ1) is 56.9. The summed E-state index contributed by atoms with van der Waals surface area (Å²) in [6.07, 6.45) is -8.86. The Morgan fingerprint density at radius 3 is 1.12 bits per heavy atom. The molecule has 0 spiro atoms. The van der Waals surface area contributed by atoms with Crippen molar-refractivity contribution in [3.63, 3.8) is 0 Å². The Morgan fingerprint density at radius 1 is 0.507 bits per heavy atom. The molecule has 6 aromatic rings. The fourth-order valence-electron chi connectivity index (χ4n) is 6.51. The predicted molar refractivity (Wildman–Crippen MR) is 245 cm³/mol. The normalized spacial score (nSPS) is 11.3. The van der Waals surface area contributed by atoms with Crippen LogP contribution in [0, 0.1) is 23.7 Å². The van der Waals surface area contributed by atoms with Crippen molar-refractivity contribution in [3.05, 3.63) is 179 Å². The standard InChI is InChI=1S/2C26H21F3O3.Ca.2H2O/c2*1-2-4-21(16-25(30)31)20-9-13-24(14-10-20)32-17-18-5-3-6-22(15-18)19-7-11-23(12-8-19)26(27,28)29;;;/h2*3,5-15,21H,16-17H2,1H3,(H,30,31);;2*1H2. The van der Waals surface area contributed by atoms with E-state index in [2.05, 4.69) is 23.7 Å². The summed E-state index contributed by atoms with van der Waals surface area (Å²) < 4.78 is 88.2. The summed E-state index contributed by atoms with van der Waals surface area (Å²) >= 11 is 0. The maximum Gasteiger partial charge on any atom is 0.416 e. The average Bonchev–Trinajstić information content (AvgIpc) is 3.27. The molecule has 0 aromatic heterocycles. The van der Waals surface area contributed by atoms with Crippen LogP contribution in [0.25, 0.3) is 22.3 Å². The van der Waals surface area contributed by atoms with Crippen molar-refractivity contribution in [2.45, 2.75) is 64.1 Å². The maximum atomic E-state index is 12.8. The number of alkyl halides is 6. The predicted octanol–water partition coefficient (Wildman–Crippen LogP) is 11.0. The Balaban J connectivity index is 0.000000440. The van der Waals surface area contributed by atoms with Gasteiger partial charge >= 0.3 is 24.3 Å². The van der Waals surface area contributed by atoms with Crippen LogP contribution in [-0.2, 0) is 35.2 Å². The van der Waals surface area contributed by atoms with E-state index >= 15 is 0 Å². The molecule has 0 aliphatic heterocycles. The van der Waals surface area contributed by atoms with E-state index in [1.165, 1.54) is 24.3 Å². The summed E-state index contributed by atoms with van der Waals surface area (Å²) in [5.74, 6) is 9.99. The van der Waals surface area contributed by atoms with Gasteiger partial charge < -0.3 is 30.6 Å². The van der Waals surface area contributed by atoms with Gasteiger partial charge in [0, 0.05) is 37.7 Å². The van der Waals surface area contributed by atoms with Gasteiger partial charge in [-0.05, 0) is 119 Å². The minimum Gasteiger partial charge on any atom is -0.489 e. The van der Waals surface area contributed by atoms with E-state index in [0.29, 0.717) is 22.6 Å². The molecule has 0 fully saturated rings. The van der Waals surface area contributed by atoms with E-state index in [-0.39, 0.29) is 86.6 Å². The molecule has 6 rings (SSSR count). The summed E-state index contributed by atoms with van der Waals surface area (Å²) in [6, 6.07) is 39.2. The molecule has 346 valence electrons. The Kier molecular flexibility index (Phi) is 22.7. The molecule has 2 radical (unpaired) electrons. The molecule has 67 heavy (non-hydrogen) atoms. The van der Waals surface area contributed by atoms with Gasteiger partial charge in [0.15, 0.2) is 0 Å². The number of ether oxygens (including phenoxy) is 2. The molecular weight excluding hydrogens is 907 g/mol. The zero-order chi connectivity index (χ0) is 46.3. The van der Waals surface area contributed by atoms with E-state index in [4.69, 9.17) is 19.7 Å². The molecule has 2 atom stereocenters. The van der Waals surface area contributed by atoms with Crippen LogP contribution >= 0.6 is 0 Å². The third kappa shape index (κ3) is 17.8. The van der Waals surface area contributed by atoms with Gasteiger partial charge in [-0.15, -0.1) is 11.8 Å². The van der Waals surface area contributed by atoms with Crippen LogP contribution in [0.15, 0.2) is 146 Å². The van der Waals surface area contributed by atoms with Gasteiger partial charge in [-0.2, -0.15) is 26.3 Å². The Bertz CT molecular complexity index is 2440. The molecule has 0 amide bonds. The summed E-state index contributed by atoms with van der Waals surface area (Å²) in [6.45, 7) is 3.90. The number of carboxylic acid groups (broad SMARTS) is 2. The SMILES string of the molecule is CC#CC(CC(=O)O)c1ccc(OCc2cccc(-c3ccc(C(F)(F)F)cc3)c2)cc1.CC#CC(CC(=O)O)c1ccc(OCc2cccc(-c3ccc(C(F)(F)F)cc3)c2)cc1.O.O.[Ca]. The van der Waals surface area contributed by atoms with Crippen molar-refractivity contribution in [2.24, 2.45) is 0 Å². The number of hydrogen-bond acceptors (Lipinski definition) is 4. The van der Waals surface area contributed by atoms with Gasteiger partial charge in [-0.25, -0.2) is 0 Å². The second-order valence-electron chi connectivity index (χ2n) is 14.4. The Hall–Kier alpha value is -6.26. The molecule has 0 aliphatic rings. The molecule has 15 heteroatoms. The van der Waals surface area contributed by atoms with Crippen LogP contribution in [0.4, 0.5) is 26.3 Å². The Morgan fingerprint density at radius 2 is 0.836 bits per heavy atom. The molecular formula is C52H46CaF6O8. The van der Waals surface area contributed by atoms with Crippen molar-refractivity contribution >= 4 is 49.7 Å². The van der Waals surface area contributed by atoms with Crippen molar-refractivity contribution in [2.75, 3.05) is 0 Å². The van der Waals surface area contributed by atoms with Gasteiger partial charge in [0.25, 0.3) is 0 Å². The number of rotatable bonds is 14. The van der Waals surface area contributed by atoms with Gasteiger partial charge in [0.1, 0.15) is 24.7 Å². The zero-order valence-electron chi connectivity index (χ0n) is 36.3. The summed E-state index contributed by atoms with van der Waals surface area (Å²) in [5, 5.41) is 18.1. The number of aliphatic carboxylic acids is 2. The molecule has 6 N–H and O–H groups in total. The first-order valence-electron chi connectivity index (χ1n) is 19.8. The number of benzene rings is 6. The van der Waals surface area contributed by atoms with E-state index in [0.717, 1.165) is 57.6 Å². The van der Waals surface area contributed by atoms with Crippen LogP contribution in [0.2, 0.25) is 0 Å². The molecule has 6 aromatic carbocycles. The van der Waals surface area contributed by atoms with Crippen LogP contribution in [0.5, 0.6) is 11.5 Å². The van der Waals surface area contributed by atoms with E-state index in [1.807, 2.05) is 48.5 Å². The first-order valence-corrected chi connectivity index (χ1v) is 19.8. The van der Waals surface area contributed by atoms with Crippen molar-refractivity contribution < 1.29 is 66.6 Å². The fraction of sp³-hybridized carbons (Fsp3) is 0.192. The van der Waals surface area contributed by atoms with E-state index < -0.39 is 35.4 Å². The summed E-state index contributed by atoms with van der Waals surface area (Å²) in [5.41, 5.74) is 4.95. The van der Waals surface area contributed by atoms with Gasteiger partial charge in [0.05, 0.1) is 35.8 Å². The minimum atomic E-state index is -4.36. The van der Waals surface area contributed by atoms with Gasteiger partial charge in [0.2, 0.25) is 0 Å². The summed E-state index contributed by atoms with van der Waals surface area (Å²) in [7, 11) is 0. The van der Waals surface area contributed by atoms with Crippen molar-refractivity contribution in [3.8, 4) is 57.4 Å². The number of carbonyl (C=O) groups is 2. The molecule has 8 nitrogen and oxygen atoms in total. The fourth-order valence-corrected chi connectivity index (χ4v) is 6.51. The Labute approximate surface area is 414 Å². The maximum absolute atomic E-state index is 12.8. The second-order valence-corrected chi connectivity index (χ2v) is 14.4. The van der Waals surface area contributed by atoms with Gasteiger partial charge in [-0.1, -0.05) is 96.8 Å². The number of halogens is 6. The quantitative estimate of drug-likeness (QED) is 0.0629. The molecule has 0 heterocycles. The molecule has 0 saturated carbocycles. The topological polar surface area (TPSA) is 156 Å². The number of hydrogen-bond donors (Lipinski definition) is 2. The van der Waals surface area contributed by atoms with E-state index in [9.17, 15) is 35.9 Å². The van der Waals surface area contributed by atoms with Crippen molar-refractivity contribution in [1.82, 2.24) is 0 Å². The minimum absolute atomic E-state index is 0. The van der Waals surface area contributed by atoms with Crippen LogP contribution in [0.1, 0.15) is 71.9 Å². The number of carboxylic acids is 2. The molecule has 0 aliphatic carbocycles. The smallest absolute Gasteiger partial charge is 0.416 e. The molecule has 0 saturated heterocycles.